The van der Waals surface area contributed by atoms with Gasteiger partial charge in [0, 0.05) is 23.3 Å². The molecular weight excluding hydrogens is 210 g/mol. The van der Waals surface area contributed by atoms with Crippen molar-refractivity contribution in [3.8, 4) is 0 Å². The minimum absolute atomic E-state index is 0.0387. The molecule has 0 aromatic heterocycles. The molecule has 0 N–H and O–H groups in total. The summed E-state index contributed by atoms with van der Waals surface area (Å²) in [7, 11) is -3.29. The molecule has 0 spiro atoms. The first-order valence-electron chi connectivity index (χ1n) is 3.72. The van der Waals surface area contributed by atoms with Crippen LogP contribution in [-0.4, -0.2) is 14.7 Å². The van der Waals surface area contributed by atoms with Crippen molar-refractivity contribution in [1.82, 2.24) is 0 Å². The molecule has 2 nitrogen and oxygen atoms in total. The van der Waals surface area contributed by atoms with Gasteiger partial charge in [-0.15, -0.1) is 0 Å². The van der Waals surface area contributed by atoms with Crippen LogP contribution in [0.2, 0.25) is 0 Å². The molecule has 14 heavy (non-hydrogen) atoms. The summed E-state index contributed by atoms with van der Waals surface area (Å²) in [5, 5.41) is 0.864. The average Bonchev–Trinajstić information content (AvgIpc) is 2.00. The summed E-state index contributed by atoms with van der Waals surface area (Å²) in [4.78, 5) is 0. The third-order valence-electron chi connectivity index (χ3n) is 1.46. The van der Waals surface area contributed by atoms with E-state index >= 15 is 0 Å². The van der Waals surface area contributed by atoms with Crippen molar-refractivity contribution in [2.45, 2.75) is 0 Å². The summed E-state index contributed by atoms with van der Waals surface area (Å²) in [6.45, 7) is 0. The van der Waals surface area contributed by atoms with E-state index in [1.807, 2.05) is 0 Å². The SMILES string of the molecule is CS(=O)(=O)/C=C/c1ccc(F)cc1F. The predicted molar refractivity (Wildman–Crippen MR) is 50.2 cm³/mol. The van der Waals surface area contributed by atoms with Crippen molar-refractivity contribution >= 4 is 15.9 Å². The second-order valence-electron chi connectivity index (χ2n) is 2.80. The van der Waals surface area contributed by atoms with Crippen LogP contribution in [0.5, 0.6) is 0 Å². The van der Waals surface area contributed by atoms with E-state index in [2.05, 4.69) is 0 Å². The Morgan fingerprint density at radius 1 is 1.29 bits per heavy atom. The third kappa shape index (κ3) is 3.26. The lowest BCUT2D eigenvalue weighted by molar-refractivity contribution is 0.581. The molecule has 0 amide bonds. The van der Waals surface area contributed by atoms with Crippen LogP contribution in [0.25, 0.3) is 6.08 Å². The quantitative estimate of drug-likeness (QED) is 0.760. The molecule has 1 rings (SSSR count). The monoisotopic (exact) mass is 218 g/mol. The van der Waals surface area contributed by atoms with E-state index in [1.54, 1.807) is 0 Å². The number of rotatable bonds is 2. The van der Waals surface area contributed by atoms with Gasteiger partial charge >= 0.3 is 0 Å². The average molecular weight is 218 g/mol. The molecule has 0 unspecified atom stereocenters. The fourth-order valence-corrected chi connectivity index (χ4v) is 1.23. The zero-order chi connectivity index (χ0) is 10.8. The lowest BCUT2D eigenvalue weighted by atomic mass is 10.2. The molecule has 0 bridgehead atoms. The molecule has 76 valence electrons. The van der Waals surface area contributed by atoms with E-state index in [0.29, 0.717) is 6.07 Å². The van der Waals surface area contributed by atoms with Gasteiger partial charge < -0.3 is 0 Å². The maximum Gasteiger partial charge on any atom is 0.168 e. The van der Waals surface area contributed by atoms with Crippen LogP contribution < -0.4 is 0 Å². The minimum Gasteiger partial charge on any atom is -0.225 e. The fourth-order valence-electron chi connectivity index (χ4n) is 0.834. The number of hydrogen-bond donors (Lipinski definition) is 0. The van der Waals surface area contributed by atoms with E-state index in [4.69, 9.17) is 0 Å². The van der Waals surface area contributed by atoms with Crippen LogP contribution >= 0.6 is 0 Å². The summed E-state index contributed by atoms with van der Waals surface area (Å²) < 4.78 is 46.8. The van der Waals surface area contributed by atoms with Gasteiger partial charge in [0.15, 0.2) is 9.84 Å². The van der Waals surface area contributed by atoms with Gasteiger partial charge in [0.2, 0.25) is 0 Å². The standard InChI is InChI=1S/C9H8F2O2S/c1-14(12,13)5-4-7-2-3-8(10)6-9(7)11/h2-6H,1H3/b5-4+. The Balaban J connectivity index is 3.05. The molecule has 0 aliphatic carbocycles. The zero-order valence-corrected chi connectivity index (χ0v) is 8.18. The van der Waals surface area contributed by atoms with Gasteiger partial charge in [-0.25, -0.2) is 17.2 Å². The Kier molecular flexibility index (Phi) is 3.00. The van der Waals surface area contributed by atoms with Crippen LogP contribution in [0.15, 0.2) is 23.6 Å². The topological polar surface area (TPSA) is 34.1 Å². The molecule has 0 saturated carbocycles. The first-order valence-corrected chi connectivity index (χ1v) is 5.67. The van der Waals surface area contributed by atoms with Crippen molar-refractivity contribution in [2.75, 3.05) is 6.26 Å². The van der Waals surface area contributed by atoms with Crippen molar-refractivity contribution in [2.24, 2.45) is 0 Å². The molecule has 1 aromatic carbocycles. The molecule has 0 saturated heterocycles. The summed E-state index contributed by atoms with van der Waals surface area (Å²) in [6, 6.07) is 2.93. The van der Waals surface area contributed by atoms with E-state index in [1.165, 1.54) is 6.07 Å². The Morgan fingerprint density at radius 3 is 2.43 bits per heavy atom. The number of hydrogen-bond acceptors (Lipinski definition) is 2. The highest BCUT2D eigenvalue weighted by Gasteiger charge is 2.01. The van der Waals surface area contributed by atoms with Crippen LogP contribution in [0.1, 0.15) is 5.56 Å². The molecular formula is C9H8F2O2S. The smallest absolute Gasteiger partial charge is 0.168 e. The molecule has 0 heterocycles. The van der Waals surface area contributed by atoms with Crippen molar-refractivity contribution in [3.05, 3.63) is 40.8 Å². The largest absolute Gasteiger partial charge is 0.225 e. The Morgan fingerprint density at radius 2 is 1.93 bits per heavy atom. The third-order valence-corrected chi connectivity index (χ3v) is 2.09. The Labute approximate surface area is 80.8 Å². The van der Waals surface area contributed by atoms with E-state index in [9.17, 15) is 17.2 Å². The lowest BCUT2D eigenvalue weighted by Crippen LogP contribution is -1.89. The minimum atomic E-state index is -3.29. The highest BCUT2D eigenvalue weighted by Crippen LogP contribution is 2.11. The molecule has 0 atom stereocenters. The predicted octanol–water partition coefficient (Wildman–Crippen LogP) is 1.98. The fraction of sp³-hybridized carbons (Fsp3) is 0.111. The Hall–Kier alpha value is -1.23. The maximum atomic E-state index is 12.9. The number of halogens is 2. The lowest BCUT2D eigenvalue weighted by Gasteiger charge is -1.95. The van der Waals surface area contributed by atoms with Gasteiger partial charge in [0.05, 0.1) is 0 Å². The van der Waals surface area contributed by atoms with Crippen LogP contribution in [-0.2, 0) is 9.84 Å². The van der Waals surface area contributed by atoms with Gasteiger partial charge in [0.1, 0.15) is 11.6 Å². The molecule has 0 radical (unpaired) electrons. The van der Waals surface area contributed by atoms with Gasteiger partial charge in [-0.05, 0) is 18.2 Å². The molecule has 0 aliphatic heterocycles. The van der Waals surface area contributed by atoms with E-state index in [-0.39, 0.29) is 5.56 Å². The zero-order valence-electron chi connectivity index (χ0n) is 7.37. The van der Waals surface area contributed by atoms with Crippen LogP contribution in [0, 0.1) is 11.6 Å². The maximum absolute atomic E-state index is 12.9. The number of benzene rings is 1. The van der Waals surface area contributed by atoms with Crippen molar-refractivity contribution in [1.29, 1.82) is 0 Å². The second kappa shape index (κ2) is 3.88. The van der Waals surface area contributed by atoms with Gasteiger partial charge in [-0.1, -0.05) is 0 Å². The summed E-state index contributed by atoms with van der Waals surface area (Å²) >= 11 is 0. The normalized spacial score (nSPS) is 12.2. The van der Waals surface area contributed by atoms with Crippen LogP contribution in [0.4, 0.5) is 8.78 Å². The highest BCUT2D eigenvalue weighted by molar-refractivity contribution is 7.93. The van der Waals surface area contributed by atoms with E-state index in [0.717, 1.165) is 23.8 Å². The van der Waals surface area contributed by atoms with E-state index < -0.39 is 21.5 Å². The van der Waals surface area contributed by atoms with Crippen molar-refractivity contribution < 1.29 is 17.2 Å². The highest BCUT2D eigenvalue weighted by atomic mass is 32.2. The first-order chi connectivity index (χ1) is 6.38. The van der Waals surface area contributed by atoms with Crippen molar-refractivity contribution in [3.63, 3.8) is 0 Å². The first kappa shape index (κ1) is 10.8. The molecule has 1 aromatic rings. The Bertz CT molecular complexity index is 464. The van der Waals surface area contributed by atoms with Gasteiger partial charge in [0.25, 0.3) is 0 Å². The summed E-state index contributed by atoms with van der Waals surface area (Å²) in [5.74, 6) is -1.48. The van der Waals surface area contributed by atoms with Gasteiger partial charge in [-0.2, -0.15) is 0 Å². The second-order valence-corrected chi connectivity index (χ2v) is 4.73. The van der Waals surface area contributed by atoms with Gasteiger partial charge in [-0.3, -0.25) is 0 Å². The molecule has 5 heteroatoms. The molecule has 0 fully saturated rings. The van der Waals surface area contributed by atoms with Crippen LogP contribution in [0.3, 0.4) is 0 Å². The number of sulfone groups is 1. The molecule has 0 aliphatic rings. The summed E-state index contributed by atoms with van der Waals surface area (Å²) in [6.07, 6.45) is 2.08. The summed E-state index contributed by atoms with van der Waals surface area (Å²) in [5.41, 5.74) is 0.0387.